The van der Waals surface area contributed by atoms with E-state index in [2.05, 4.69) is 41.3 Å². The van der Waals surface area contributed by atoms with Crippen LogP contribution < -0.4 is 10.6 Å². The minimum Gasteiger partial charge on any atom is -0.356 e. The van der Waals surface area contributed by atoms with Crippen LogP contribution in [0.3, 0.4) is 0 Å². The monoisotopic (exact) mass is 450 g/mol. The number of halogens is 1. The van der Waals surface area contributed by atoms with Gasteiger partial charge >= 0.3 is 0 Å². The fourth-order valence-corrected chi connectivity index (χ4v) is 4.16. The maximum Gasteiger partial charge on any atom is 0.191 e. The van der Waals surface area contributed by atoms with Crippen LogP contribution >= 0.6 is 24.0 Å². The third-order valence-corrected chi connectivity index (χ3v) is 5.75. The van der Waals surface area contributed by atoms with E-state index >= 15 is 0 Å². The van der Waals surface area contributed by atoms with Gasteiger partial charge in [0, 0.05) is 26.2 Å². The molecule has 0 spiro atoms. The van der Waals surface area contributed by atoms with E-state index in [1.165, 1.54) is 58.2 Å². The van der Waals surface area contributed by atoms with Crippen LogP contribution in [0.4, 0.5) is 0 Å². The first-order chi connectivity index (χ1) is 11.1. The van der Waals surface area contributed by atoms with Gasteiger partial charge in [-0.1, -0.05) is 20.8 Å². The van der Waals surface area contributed by atoms with Gasteiger partial charge in [-0.05, 0) is 69.4 Å². The molecule has 1 aliphatic carbocycles. The van der Waals surface area contributed by atoms with Crippen LogP contribution in [0.25, 0.3) is 0 Å². The van der Waals surface area contributed by atoms with Gasteiger partial charge in [-0.2, -0.15) is 0 Å². The minimum absolute atomic E-state index is 0. The average Bonchev–Trinajstić information content (AvgIpc) is 3.00. The highest BCUT2D eigenvalue weighted by Gasteiger charge is 2.25. The van der Waals surface area contributed by atoms with Crippen LogP contribution in [0.2, 0.25) is 0 Å². The average molecular weight is 450 g/mol. The van der Waals surface area contributed by atoms with E-state index in [9.17, 15) is 0 Å². The zero-order valence-corrected chi connectivity index (χ0v) is 18.5. The molecular formula is C19H39IN4. The van der Waals surface area contributed by atoms with Gasteiger partial charge in [0.05, 0.1) is 0 Å². The largest absolute Gasteiger partial charge is 0.356 e. The Hall–Kier alpha value is -0.0400. The van der Waals surface area contributed by atoms with E-state index in [0.717, 1.165) is 30.3 Å². The van der Waals surface area contributed by atoms with Gasteiger partial charge in [0.15, 0.2) is 5.96 Å². The van der Waals surface area contributed by atoms with Crippen LogP contribution in [0, 0.1) is 17.8 Å². The van der Waals surface area contributed by atoms with Crippen molar-refractivity contribution >= 4 is 29.9 Å². The summed E-state index contributed by atoms with van der Waals surface area (Å²) in [5, 5.41) is 7.22. The maximum atomic E-state index is 4.43. The zero-order chi connectivity index (χ0) is 16.7. The van der Waals surface area contributed by atoms with E-state index < -0.39 is 0 Å². The topological polar surface area (TPSA) is 39.7 Å². The predicted octanol–water partition coefficient (Wildman–Crippen LogP) is 3.72. The lowest BCUT2D eigenvalue weighted by Crippen LogP contribution is -2.46. The molecular weight excluding hydrogens is 411 g/mol. The fraction of sp³-hybridized carbons (Fsp3) is 0.947. The number of hydrogen-bond donors (Lipinski definition) is 2. The fourth-order valence-electron chi connectivity index (χ4n) is 4.16. The van der Waals surface area contributed by atoms with Gasteiger partial charge in [-0.25, -0.2) is 0 Å². The molecule has 1 unspecified atom stereocenters. The molecule has 1 saturated heterocycles. The molecule has 1 saturated carbocycles. The van der Waals surface area contributed by atoms with Crippen molar-refractivity contribution in [2.45, 2.75) is 65.3 Å². The van der Waals surface area contributed by atoms with Gasteiger partial charge in [0.25, 0.3) is 0 Å². The number of aliphatic imine (C=N–C) groups is 1. The molecule has 1 aliphatic heterocycles. The predicted molar refractivity (Wildman–Crippen MR) is 115 cm³/mol. The summed E-state index contributed by atoms with van der Waals surface area (Å²) < 4.78 is 0. The van der Waals surface area contributed by atoms with Crippen LogP contribution in [0.5, 0.6) is 0 Å². The molecule has 4 nitrogen and oxygen atoms in total. The Morgan fingerprint density at radius 1 is 1.17 bits per heavy atom. The summed E-state index contributed by atoms with van der Waals surface area (Å²) in [6.07, 6.45) is 7.89. The number of guanidine groups is 1. The molecule has 0 amide bonds. The summed E-state index contributed by atoms with van der Waals surface area (Å²) >= 11 is 0. The molecule has 0 aromatic carbocycles. The summed E-state index contributed by atoms with van der Waals surface area (Å²) in [7, 11) is 1.90. The maximum absolute atomic E-state index is 4.43. The van der Waals surface area contributed by atoms with E-state index in [0.29, 0.717) is 6.04 Å². The van der Waals surface area contributed by atoms with Crippen molar-refractivity contribution in [1.29, 1.82) is 0 Å². The number of nitrogens with one attached hydrogen (secondary N) is 2. The molecule has 2 N–H and O–H groups in total. The lowest BCUT2D eigenvalue weighted by molar-refractivity contribution is 0.250. The Kier molecular flexibility index (Phi) is 10.6. The Labute approximate surface area is 166 Å². The molecule has 1 heterocycles. The highest BCUT2D eigenvalue weighted by Crippen LogP contribution is 2.29. The third-order valence-electron chi connectivity index (χ3n) is 5.75. The first-order valence-electron chi connectivity index (χ1n) is 9.81. The molecule has 0 bridgehead atoms. The Morgan fingerprint density at radius 2 is 1.88 bits per heavy atom. The van der Waals surface area contributed by atoms with Gasteiger partial charge in [-0.15, -0.1) is 24.0 Å². The van der Waals surface area contributed by atoms with Crippen molar-refractivity contribution in [2.75, 3.05) is 33.2 Å². The van der Waals surface area contributed by atoms with Gasteiger partial charge in [0.2, 0.25) is 0 Å². The second kappa shape index (κ2) is 11.6. The highest BCUT2D eigenvalue weighted by molar-refractivity contribution is 14.0. The summed E-state index contributed by atoms with van der Waals surface area (Å²) in [6.45, 7) is 11.8. The van der Waals surface area contributed by atoms with Crippen molar-refractivity contribution in [3.05, 3.63) is 0 Å². The lowest BCUT2D eigenvalue weighted by atomic mass is 9.80. The van der Waals surface area contributed by atoms with Crippen molar-refractivity contribution < 1.29 is 0 Å². The zero-order valence-electron chi connectivity index (χ0n) is 16.2. The number of rotatable bonds is 6. The van der Waals surface area contributed by atoms with Crippen molar-refractivity contribution in [2.24, 2.45) is 22.7 Å². The van der Waals surface area contributed by atoms with Crippen LogP contribution in [-0.4, -0.2) is 50.1 Å². The molecule has 0 radical (unpaired) electrons. The second-order valence-corrected chi connectivity index (χ2v) is 7.91. The van der Waals surface area contributed by atoms with Crippen LogP contribution in [0.1, 0.15) is 59.3 Å². The number of nitrogens with zero attached hydrogens (tertiary/aromatic N) is 2. The first-order valence-corrected chi connectivity index (χ1v) is 9.81. The minimum atomic E-state index is 0. The normalized spacial score (nSPS) is 28.7. The third kappa shape index (κ3) is 7.06. The molecule has 2 fully saturated rings. The standard InChI is InChI=1S/C19H38N4.HI/c1-5-11-23-12-10-16(14-23)13-21-19(20-4)22-18-8-6-17(7-9-18)15(2)3;/h15-18H,5-14H2,1-4H3,(H2,20,21,22);1H. The molecule has 5 heteroatoms. The molecule has 1 atom stereocenters. The first kappa shape index (κ1) is 22.0. The Bertz CT molecular complexity index is 364. The molecule has 0 aromatic heterocycles. The second-order valence-electron chi connectivity index (χ2n) is 7.91. The molecule has 2 aliphatic rings. The molecule has 142 valence electrons. The van der Waals surface area contributed by atoms with Gasteiger partial charge < -0.3 is 15.5 Å². The molecule has 2 rings (SSSR count). The van der Waals surface area contributed by atoms with Crippen molar-refractivity contribution in [1.82, 2.24) is 15.5 Å². The van der Waals surface area contributed by atoms with Crippen molar-refractivity contribution in [3.8, 4) is 0 Å². The molecule has 24 heavy (non-hydrogen) atoms. The summed E-state index contributed by atoms with van der Waals surface area (Å²) in [5.41, 5.74) is 0. The SMILES string of the molecule is CCCN1CCC(CNC(=NC)NC2CCC(C(C)C)CC2)C1.I. The molecule has 0 aromatic rings. The summed E-state index contributed by atoms with van der Waals surface area (Å²) in [5.74, 6) is 3.54. The number of hydrogen-bond acceptors (Lipinski definition) is 2. The van der Waals surface area contributed by atoms with Crippen molar-refractivity contribution in [3.63, 3.8) is 0 Å². The quantitative estimate of drug-likeness (QED) is 0.368. The van der Waals surface area contributed by atoms with E-state index in [-0.39, 0.29) is 24.0 Å². The summed E-state index contributed by atoms with van der Waals surface area (Å²) in [4.78, 5) is 7.03. The number of likely N-dealkylation sites (tertiary alicyclic amines) is 1. The Balaban J connectivity index is 0.00000288. The van der Waals surface area contributed by atoms with E-state index in [1.807, 2.05) is 7.05 Å². The van der Waals surface area contributed by atoms with Crippen LogP contribution in [0.15, 0.2) is 4.99 Å². The van der Waals surface area contributed by atoms with Crippen LogP contribution in [-0.2, 0) is 0 Å². The van der Waals surface area contributed by atoms with E-state index in [1.54, 1.807) is 0 Å². The van der Waals surface area contributed by atoms with E-state index in [4.69, 9.17) is 0 Å². The van der Waals surface area contributed by atoms with Gasteiger partial charge in [0.1, 0.15) is 0 Å². The lowest BCUT2D eigenvalue weighted by Gasteiger charge is -2.32. The van der Waals surface area contributed by atoms with Gasteiger partial charge in [-0.3, -0.25) is 4.99 Å². The summed E-state index contributed by atoms with van der Waals surface area (Å²) in [6, 6.07) is 0.608. The Morgan fingerprint density at radius 3 is 2.46 bits per heavy atom. The smallest absolute Gasteiger partial charge is 0.191 e. The highest BCUT2D eigenvalue weighted by atomic mass is 127.